The Kier molecular flexibility index (Phi) is 3.40. The summed E-state index contributed by atoms with van der Waals surface area (Å²) in [6.07, 6.45) is 0. The minimum atomic E-state index is -0.488. The van der Waals surface area contributed by atoms with Crippen LogP contribution in [0.4, 0.5) is 5.69 Å². The molecule has 0 saturated carbocycles. The minimum absolute atomic E-state index is 0. The summed E-state index contributed by atoms with van der Waals surface area (Å²) in [5.41, 5.74) is 11.2. The Bertz CT molecular complexity index is 262. The third kappa shape index (κ3) is 2.13. The summed E-state index contributed by atoms with van der Waals surface area (Å²) < 4.78 is 0. The number of amides is 1. The molecule has 0 radical (unpaired) electrons. The van der Waals surface area contributed by atoms with Crippen LogP contribution >= 0.6 is 12.4 Å². The molecule has 1 amide bonds. The molecule has 1 aromatic carbocycles. The van der Waals surface area contributed by atoms with Crippen LogP contribution < -0.4 is 11.5 Å². The molecule has 4 N–H and O–H groups in total. The van der Waals surface area contributed by atoms with Crippen molar-refractivity contribution < 1.29 is 4.79 Å². The predicted molar refractivity (Wildman–Crippen MR) is 46.6 cm³/mol. The highest BCUT2D eigenvalue weighted by molar-refractivity contribution is 5.97. The number of halogens is 1. The number of primary amides is 1. The maximum Gasteiger partial charge on any atom is 0.250 e. The number of anilines is 1. The van der Waals surface area contributed by atoms with Gasteiger partial charge in [-0.05, 0) is 12.1 Å². The van der Waals surface area contributed by atoms with Crippen molar-refractivity contribution in [2.75, 3.05) is 5.73 Å². The third-order valence-electron chi connectivity index (χ3n) is 1.23. The molecule has 0 heterocycles. The number of nitrogen functional groups attached to an aromatic ring is 1. The zero-order valence-electron chi connectivity index (χ0n) is 5.78. The van der Waals surface area contributed by atoms with Gasteiger partial charge in [0.05, 0.1) is 5.56 Å². The zero-order chi connectivity index (χ0) is 7.56. The van der Waals surface area contributed by atoms with E-state index in [4.69, 9.17) is 11.5 Å². The van der Waals surface area contributed by atoms with E-state index in [1.165, 1.54) is 0 Å². The lowest BCUT2D eigenvalue weighted by atomic mass is 10.2. The van der Waals surface area contributed by atoms with Gasteiger partial charge in [0.15, 0.2) is 0 Å². The van der Waals surface area contributed by atoms with Gasteiger partial charge in [0, 0.05) is 5.69 Å². The monoisotopic (exact) mass is 172 g/mol. The minimum Gasteiger partial charge on any atom is -0.398 e. The van der Waals surface area contributed by atoms with Crippen LogP contribution in [-0.4, -0.2) is 5.91 Å². The highest BCUT2D eigenvalue weighted by atomic mass is 35.5. The molecule has 0 aliphatic heterocycles. The van der Waals surface area contributed by atoms with Crippen LogP contribution in [0.3, 0.4) is 0 Å². The van der Waals surface area contributed by atoms with Gasteiger partial charge >= 0.3 is 0 Å². The summed E-state index contributed by atoms with van der Waals surface area (Å²) in [6.45, 7) is 0. The molecule has 0 aromatic heterocycles. The van der Waals surface area contributed by atoms with E-state index in [9.17, 15) is 4.79 Å². The third-order valence-corrected chi connectivity index (χ3v) is 1.23. The zero-order valence-corrected chi connectivity index (χ0v) is 6.60. The molecule has 0 bridgehead atoms. The number of carbonyl (C=O) groups is 1. The Morgan fingerprint density at radius 2 is 1.82 bits per heavy atom. The fourth-order valence-electron chi connectivity index (χ4n) is 0.721. The van der Waals surface area contributed by atoms with Crippen LogP contribution in [0.15, 0.2) is 24.3 Å². The maximum atomic E-state index is 10.6. The van der Waals surface area contributed by atoms with Crippen molar-refractivity contribution in [1.82, 2.24) is 0 Å². The van der Waals surface area contributed by atoms with Gasteiger partial charge in [-0.2, -0.15) is 0 Å². The second-order valence-corrected chi connectivity index (χ2v) is 1.95. The largest absolute Gasteiger partial charge is 0.398 e. The molecule has 0 unspecified atom stereocenters. The van der Waals surface area contributed by atoms with Crippen molar-refractivity contribution in [1.29, 1.82) is 0 Å². The van der Waals surface area contributed by atoms with Gasteiger partial charge in [0.25, 0.3) is 5.91 Å². The average Bonchev–Trinajstić information content (AvgIpc) is 1.88. The van der Waals surface area contributed by atoms with E-state index in [0.717, 1.165) is 0 Å². The highest BCUT2D eigenvalue weighted by Gasteiger charge is 2.01. The van der Waals surface area contributed by atoms with E-state index in [1.807, 2.05) is 0 Å². The van der Waals surface area contributed by atoms with Gasteiger partial charge in [-0.15, -0.1) is 12.4 Å². The first-order valence-electron chi connectivity index (χ1n) is 2.86. The van der Waals surface area contributed by atoms with Crippen LogP contribution in [0.25, 0.3) is 0 Å². The summed E-state index contributed by atoms with van der Waals surface area (Å²) in [5, 5.41) is 0. The van der Waals surface area contributed by atoms with Crippen LogP contribution in [-0.2, 0) is 0 Å². The van der Waals surface area contributed by atoms with Gasteiger partial charge in [0.1, 0.15) is 0 Å². The molecule has 0 spiro atoms. The molecule has 0 aliphatic carbocycles. The first-order chi connectivity index (χ1) is 4.72. The van der Waals surface area contributed by atoms with Crippen molar-refractivity contribution in [2.45, 2.75) is 0 Å². The molecule has 1 aromatic rings. The fraction of sp³-hybridized carbons (Fsp3) is 0. The summed E-state index contributed by atoms with van der Waals surface area (Å²) >= 11 is 0. The van der Waals surface area contributed by atoms with Crippen LogP contribution in [0, 0.1) is 0 Å². The number of carbonyl (C=O) groups excluding carboxylic acids is 1. The Balaban J connectivity index is 0.000001000. The normalized spacial score (nSPS) is 8.36. The standard InChI is InChI=1S/C7H8N2O.ClH/c8-6-4-2-1-3-5(6)7(9)10;/h1-4H,8H2,(H2,9,10);1H. The Labute approximate surface area is 70.8 Å². The molecule has 11 heavy (non-hydrogen) atoms. The predicted octanol–water partition coefficient (Wildman–Crippen LogP) is 0.790. The van der Waals surface area contributed by atoms with Gasteiger partial charge in [-0.3, -0.25) is 4.79 Å². The van der Waals surface area contributed by atoms with Crippen molar-refractivity contribution in [3.8, 4) is 0 Å². The van der Waals surface area contributed by atoms with Crippen LogP contribution in [0.2, 0.25) is 0 Å². The van der Waals surface area contributed by atoms with E-state index in [2.05, 4.69) is 0 Å². The molecule has 4 heteroatoms. The van der Waals surface area contributed by atoms with Crippen molar-refractivity contribution in [3.63, 3.8) is 0 Å². The summed E-state index contributed by atoms with van der Waals surface area (Å²) in [6, 6.07) is 6.70. The number of hydrogen-bond donors (Lipinski definition) is 2. The number of nitrogens with two attached hydrogens (primary N) is 2. The Morgan fingerprint density at radius 3 is 2.18 bits per heavy atom. The van der Waals surface area contributed by atoms with Crippen molar-refractivity contribution in [2.24, 2.45) is 5.73 Å². The molecular weight excluding hydrogens is 164 g/mol. The van der Waals surface area contributed by atoms with E-state index in [-0.39, 0.29) is 12.4 Å². The molecule has 0 saturated heterocycles. The smallest absolute Gasteiger partial charge is 0.250 e. The van der Waals surface area contributed by atoms with E-state index in [0.29, 0.717) is 11.3 Å². The lowest BCUT2D eigenvalue weighted by Gasteiger charge is -1.97. The van der Waals surface area contributed by atoms with E-state index >= 15 is 0 Å². The van der Waals surface area contributed by atoms with Crippen LogP contribution in [0.5, 0.6) is 0 Å². The number of benzene rings is 1. The molecule has 0 atom stereocenters. The molecule has 0 fully saturated rings. The average molecular weight is 173 g/mol. The topological polar surface area (TPSA) is 69.1 Å². The molecule has 0 aliphatic rings. The Hall–Kier alpha value is -1.22. The van der Waals surface area contributed by atoms with Gasteiger partial charge in [-0.25, -0.2) is 0 Å². The summed E-state index contributed by atoms with van der Waals surface area (Å²) in [4.78, 5) is 10.6. The van der Waals surface area contributed by atoms with E-state index < -0.39 is 5.91 Å². The van der Waals surface area contributed by atoms with Crippen molar-refractivity contribution >= 4 is 24.0 Å². The molecule has 1 rings (SSSR count). The summed E-state index contributed by atoms with van der Waals surface area (Å²) in [5.74, 6) is -0.488. The first kappa shape index (κ1) is 9.78. The lowest BCUT2D eigenvalue weighted by molar-refractivity contribution is 0.100. The maximum absolute atomic E-state index is 10.6. The quantitative estimate of drug-likeness (QED) is 0.615. The second kappa shape index (κ2) is 3.83. The molecular formula is C7H9ClN2O. The first-order valence-corrected chi connectivity index (χ1v) is 2.86. The lowest BCUT2D eigenvalue weighted by Crippen LogP contribution is -2.12. The molecule has 60 valence electrons. The van der Waals surface area contributed by atoms with E-state index in [1.54, 1.807) is 24.3 Å². The fourth-order valence-corrected chi connectivity index (χ4v) is 0.721. The summed E-state index contributed by atoms with van der Waals surface area (Å²) in [7, 11) is 0. The highest BCUT2D eigenvalue weighted by Crippen LogP contribution is 2.08. The molecule has 3 nitrogen and oxygen atoms in total. The SMILES string of the molecule is Cl.NC(=O)c1ccccc1N. The van der Waals surface area contributed by atoms with Gasteiger partial charge < -0.3 is 11.5 Å². The van der Waals surface area contributed by atoms with Gasteiger partial charge in [0.2, 0.25) is 0 Å². The Morgan fingerprint density at radius 1 is 1.27 bits per heavy atom. The number of hydrogen-bond acceptors (Lipinski definition) is 2. The number of para-hydroxylation sites is 1. The van der Waals surface area contributed by atoms with Crippen molar-refractivity contribution in [3.05, 3.63) is 29.8 Å². The van der Waals surface area contributed by atoms with Gasteiger partial charge in [-0.1, -0.05) is 12.1 Å². The second-order valence-electron chi connectivity index (χ2n) is 1.95. The van der Waals surface area contributed by atoms with Crippen LogP contribution in [0.1, 0.15) is 10.4 Å². The number of rotatable bonds is 1.